The smallest absolute Gasteiger partial charge is 0.0398 e. The quantitative estimate of drug-likeness (QED) is 0.448. The van der Waals surface area contributed by atoms with Gasteiger partial charge in [0.2, 0.25) is 0 Å². The van der Waals surface area contributed by atoms with Crippen molar-refractivity contribution in [2.45, 2.75) is 13.8 Å². The third kappa shape index (κ3) is 16.8. The lowest BCUT2D eigenvalue weighted by Crippen LogP contribution is -1.62. The molecule has 1 aromatic rings. The summed E-state index contributed by atoms with van der Waals surface area (Å²) in [5.74, 6) is 0. The molecule has 0 aromatic heterocycles. The first kappa shape index (κ1) is 14.9. The summed E-state index contributed by atoms with van der Waals surface area (Å²) >= 11 is 0. The molecule has 0 saturated carbocycles. The van der Waals surface area contributed by atoms with Crippen molar-refractivity contribution in [2.24, 2.45) is 0 Å². The summed E-state index contributed by atoms with van der Waals surface area (Å²) in [7, 11) is 0. The Kier molecular flexibility index (Phi) is 14.9. The molecule has 0 atom stereocenters. The molecule has 0 amide bonds. The van der Waals surface area contributed by atoms with Gasteiger partial charge in [0, 0.05) is 0 Å². The molecule has 0 unspecified atom stereocenters. The van der Waals surface area contributed by atoms with E-state index in [1.165, 1.54) is 5.56 Å². The summed E-state index contributed by atoms with van der Waals surface area (Å²) in [5.41, 5.74) is 1.32. The van der Waals surface area contributed by atoms with Gasteiger partial charge in [0.1, 0.15) is 0 Å². The summed E-state index contributed by atoms with van der Waals surface area (Å²) in [5, 5.41) is 0. The fraction of sp³-hybridized carbons (Fsp3) is 0.143. The van der Waals surface area contributed by atoms with E-state index in [0.29, 0.717) is 0 Å². The molecule has 14 heavy (non-hydrogen) atoms. The minimum Gasteiger partial charge on any atom is -0.103 e. The highest BCUT2D eigenvalue weighted by Gasteiger charge is 1.72. The maximum absolute atomic E-state index is 3.36. The van der Waals surface area contributed by atoms with E-state index in [4.69, 9.17) is 0 Å². The van der Waals surface area contributed by atoms with Crippen LogP contribution in [0.4, 0.5) is 0 Å². The second-order valence-electron chi connectivity index (χ2n) is 2.53. The zero-order valence-corrected chi connectivity index (χ0v) is 9.24. The first-order valence-electron chi connectivity index (χ1n) is 4.55. The number of allylic oxidation sites excluding steroid dienone is 3. The number of hydrogen-bond donors (Lipinski definition) is 0. The van der Waals surface area contributed by atoms with Crippen molar-refractivity contribution in [1.82, 2.24) is 0 Å². The van der Waals surface area contributed by atoms with Crippen molar-refractivity contribution in [3.8, 4) is 0 Å². The van der Waals surface area contributed by atoms with Crippen molar-refractivity contribution in [1.29, 1.82) is 0 Å². The third-order valence-corrected chi connectivity index (χ3v) is 1.11. The van der Waals surface area contributed by atoms with Crippen LogP contribution in [0.1, 0.15) is 12.5 Å². The molecule has 0 heterocycles. The molecule has 0 N–H and O–H groups in total. The molecular formula is C14H20. The van der Waals surface area contributed by atoms with Crippen LogP contribution in [0.15, 0.2) is 68.3 Å². The van der Waals surface area contributed by atoms with Gasteiger partial charge in [-0.15, -0.1) is 6.58 Å². The molecule has 0 spiro atoms. The van der Waals surface area contributed by atoms with Gasteiger partial charge in [0.05, 0.1) is 0 Å². The van der Waals surface area contributed by atoms with E-state index in [9.17, 15) is 0 Å². The van der Waals surface area contributed by atoms with Gasteiger partial charge in [-0.05, 0) is 13.8 Å². The largest absolute Gasteiger partial charge is 0.103 e. The lowest BCUT2D eigenvalue weighted by molar-refractivity contribution is 1.48. The Morgan fingerprint density at radius 3 is 1.43 bits per heavy atom. The lowest BCUT2D eigenvalue weighted by atomic mass is 10.2. The van der Waals surface area contributed by atoms with E-state index >= 15 is 0 Å². The zero-order valence-electron chi connectivity index (χ0n) is 9.24. The van der Waals surface area contributed by atoms with E-state index < -0.39 is 0 Å². The predicted molar refractivity (Wildman–Crippen MR) is 67.4 cm³/mol. The second-order valence-corrected chi connectivity index (χ2v) is 2.53. The van der Waals surface area contributed by atoms with Gasteiger partial charge in [0.15, 0.2) is 0 Å². The van der Waals surface area contributed by atoms with Gasteiger partial charge in [0.25, 0.3) is 0 Å². The van der Waals surface area contributed by atoms with Crippen LogP contribution in [0, 0.1) is 6.92 Å². The maximum Gasteiger partial charge on any atom is -0.0398 e. The Morgan fingerprint density at radius 2 is 1.29 bits per heavy atom. The highest BCUT2D eigenvalue weighted by molar-refractivity contribution is 5.11. The number of hydrogen-bond acceptors (Lipinski definition) is 0. The fourth-order valence-corrected chi connectivity index (χ4v) is 0.534. The molecule has 0 aliphatic heterocycles. The van der Waals surface area contributed by atoms with Gasteiger partial charge < -0.3 is 0 Å². The standard InChI is InChI=1S/C7H8.C4H6.C3H6/c1-7-5-3-2-4-6-7;1-3-4-2;1-3-2/h2-6H,1H3;3-4H,1-2H2;3H,1H2,2H3. The average Bonchev–Trinajstić information content (AvgIpc) is 2.21. The predicted octanol–water partition coefficient (Wildman–Crippen LogP) is 4.55. The summed E-state index contributed by atoms with van der Waals surface area (Å²) in [6.45, 7) is 14.1. The van der Waals surface area contributed by atoms with Gasteiger partial charge in [-0.2, -0.15) is 0 Å². The molecule has 0 bridgehead atoms. The highest BCUT2D eigenvalue weighted by atomic mass is 13.8. The van der Waals surface area contributed by atoms with Crippen LogP contribution >= 0.6 is 0 Å². The molecule has 0 fully saturated rings. The molecule has 0 saturated heterocycles. The van der Waals surface area contributed by atoms with Crippen LogP contribution in [0.2, 0.25) is 0 Å². The van der Waals surface area contributed by atoms with Crippen LogP contribution in [-0.2, 0) is 0 Å². The van der Waals surface area contributed by atoms with Crippen molar-refractivity contribution in [3.63, 3.8) is 0 Å². The minimum atomic E-state index is 1.32. The second kappa shape index (κ2) is 14.0. The van der Waals surface area contributed by atoms with Gasteiger partial charge in [-0.1, -0.05) is 67.3 Å². The van der Waals surface area contributed by atoms with E-state index in [-0.39, 0.29) is 0 Å². The summed E-state index contributed by atoms with van der Waals surface area (Å²) in [4.78, 5) is 0. The Morgan fingerprint density at radius 1 is 0.929 bits per heavy atom. The molecule has 0 aliphatic carbocycles. The molecule has 1 aromatic carbocycles. The van der Waals surface area contributed by atoms with E-state index in [2.05, 4.69) is 38.8 Å². The first-order chi connectivity index (χ1) is 6.72. The molecule has 1 rings (SSSR count). The lowest BCUT2D eigenvalue weighted by Gasteiger charge is -1.82. The normalized spacial score (nSPS) is 6.71. The number of rotatable bonds is 1. The zero-order chi connectivity index (χ0) is 11.2. The highest BCUT2D eigenvalue weighted by Crippen LogP contribution is 1.92. The molecular weight excluding hydrogens is 168 g/mol. The van der Waals surface area contributed by atoms with E-state index in [1.807, 2.05) is 25.1 Å². The average molecular weight is 188 g/mol. The fourth-order valence-electron chi connectivity index (χ4n) is 0.534. The molecule has 0 heteroatoms. The molecule has 0 aliphatic rings. The van der Waals surface area contributed by atoms with Gasteiger partial charge >= 0.3 is 0 Å². The molecule has 0 radical (unpaired) electrons. The topological polar surface area (TPSA) is 0 Å². The summed E-state index contributed by atoms with van der Waals surface area (Å²) in [6, 6.07) is 10.3. The van der Waals surface area contributed by atoms with E-state index in [1.54, 1.807) is 18.2 Å². The first-order valence-corrected chi connectivity index (χ1v) is 4.55. The van der Waals surface area contributed by atoms with Crippen LogP contribution < -0.4 is 0 Å². The third-order valence-electron chi connectivity index (χ3n) is 1.11. The Labute approximate surface area is 88.3 Å². The summed E-state index contributed by atoms with van der Waals surface area (Å²) in [6.07, 6.45) is 5.03. The molecule has 0 nitrogen and oxygen atoms in total. The van der Waals surface area contributed by atoms with Gasteiger partial charge in [-0.3, -0.25) is 0 Å². The summed E-state index contributed by atoms with van der Waals surface area (Å²) < 4.78 is 0. The van der Waals surface area contributed by atoms with Crippen molar-refractivity contribution < 1.29 is 0 Å². The van der Waals surface area contributed by atoms with Crippen LogP contribution in [0.3, 0.4) is 0 Å². The van der Waals surface area contributed by atoms with Gasteiger partial charge in [-0.25, -0.2) is 0 Å². The van der Waals surface area contributed by atoms with Crippen molar-refractivity contribution in [3.05, 3.63) is 73.9 Å². The van der Waals surface area contributed by atoms with Crippen molar-refractivity contribution in [2.75, 3.05) is 0 Å². The van der Waals surface area contributed by atoms with Crippen LogP contribution in [0.25, 0.3) is 0 Å². The van der Waals surface area contributed by atoms with Crippen molar-refractivity contribution >= 4 is 0 Å². The Bertz CT molecular complexity index is 225. The Balaban J connectivity index is 0. The van der Waals surface area contributed by atoms with E-state index in [0.717, 1.165) is 0 Å². The molecule has 76 valence electrons. The number of aryl methyl sites for hydroxylation is 1. The van der Waals surface area contributed by atoms with Crippen LogP contribution in [-0.4, -0.2) is 0 Å². The maximum atomic E-state index is 3.36. The van der Waals surface area contributed by atoms with Crippen LogP contribution in [0.5, 0.6) is 0 Å². The Hall–Kier alpha value is -1.56. The SMILES string of the molecule is C=CC.C=CC=C.Cc1ccccc1. The monoisotopic (exact) mass is 188 g/mol. The minimum absolute atomic E-state index is 1.32. The number of benzene rings is 1.